The molecule has 111 heavy (non-hydrogen) atoms. The van der Waals surface area contributed by atoms with E-state index in [-0.39, 0.29) is 71.6 Å². The molecule has 0 aliphatic rings. The van der Waals surface area contributed by atoms with E-state index >= 15 is 0 Å². The topological polar surface area (TPSA) is 308 Å². The number of carbonyl (C=O) groups excluding carboxylic acids is 1. The second kappa shape index (κ2) is 36.8. The van der Waals surface area contributed by atoms with Crippen LogP contribution in [0.25, 0.3) is 23.1 Å². The molecule has 6 heterocycles. The molecule has 0 saturated carbocycles. The van der Waals surface area contributed by atoms with Crippen LogP contribution in [0, 0.1) is 46.8 Å². The van der Waals surface area contributed by atoms with Gasteiger partial charge in [-0.25, -0.2) is 24.1 Å². The number of aromatic nitrogens is 9. The Balaban J connectivity index is 0.000000245. The van der Waals surface area contributed by atoms with E-state index < -0.39 is 127 Å². The predicted molar refractivity (Wildman–Crippen MR) is 346 cm³/mol. The molecule has 10 rings (SSSR count). The average molecular weight is 1600 g/mol. The number of hydrogen-bond donors (Lipinski definition) is 4. The first-order valence-corrected chi connectivity index (χ1v) is 30.3. The van der Waals surface area contributed by atoms with Gasteiger partial charge < -0.3 is 35.0 Å². The van der Waals surface area contributed by atoms with Crippen LogP contribution in [0.15, 0.2) is 171 Å². The third-order valence-corrected chi connectivity index (χ3v) is 13.9. The molecule has 44 heteroatoms. The minimum Gasteiger partial charge on any atom is -0.481 e. The number of carboxylic acids is 2. The zero-order chi connectivity index (χ0) is 83.5. The number of hydrogen-bond acceptors (Lipinski definition) is 14. The van der Waals surface area contributed by atoms with E-state index in [0.717, 1.165) is 66.7 Å². The van der Waals surface area contributed by atoms with Gasteiger partial charge in [0.05, 0.1) is 114 Å². The number of aliphatic carboxylic acids is 2. The third kappa shape index (κ3) is 28.0. The quantitative estimate of drug-likeness (QED) is 0.0258. The summed E-state index contributed by atoms with van der Waals surface area (Å²) in [6.07, 6.45) is -20.0. The molecule has 592 valence electrons. The van der Waals surface area contributed by atoms with Crippen LogP contribution in [0.2, 0.25) is 0 Å². The summed E-state index contributed by atoms with van der Waals surface area (Å²) < 4.78 is 280. The summed E-state index contributed by atoms with van der Waals surface area (Å²) in [6, 6.07) is 16.9. The minimum atomic E-state index is -4.92. The van der Waals surface area contributed by atoms with Crippen LogP contribution in [0.5, 0.6) is 0 Å². The molecule has 0 aliphatic carbocycles. The van der Waals surface area contributed by atoms with Crippen LogP contribution in [0.3, 0.4) is 0 Å². The van der Waals surface area contributed by atoms with Gasteiger partial charge in [-0.05, 0) is 118 Å². The first-order valence-electron chi connectivity index (χ1n) is 30.3. The molecular formula is C67H51F22N13O9. The molecule has 0 bridgehead atoms. The van der Waals surface area contributed by atoms with Crippen molar-refractivity contribution in [3.05, 3.63) is 271 Å². The Morgan fingerprint density at radius 1 is 0.459 bits per heavy atom. The number of nitro groups is 2. The highest BCUT2D eigenvalue weighted by Gasteiger charge is 2.39. The average Bonchev–Trinajstić information content (AvgIpc) is 1.78. The second-order valence-corrected chi connectivity index (χ2v) is 22.3. The number of carboxylic acid groups (broad SMARTS) is 2. The van der Waals surface area contributed by atoms with Crippen LogP contribution < -0.4 is 11.1 Å². The number of nitro benzene ring substituents is 2. The standard InChI is InChI=1S/C20H16F6N4O.C11H8F3N3O2.C11H10F3N3.C9H8F3NO2.C9H6F3NO2.C7H3F4NO2/c1-12-10-30(11-28-12)17-6-4-15(8-16(17)20(24,25)26)29-18(31)7-5-14-3-2-13(9-27-14)19(21,22)23;1-7-5-16(6-15-7)10-3-2-8(17(18)19)4-9(10)11(12,13)14;1-7-5-17(6-16-7)10-3-2-8(15)4-9(10)11(12,13)14;2*10-9(11,12)6-1-2-7(13-5-6)3-4-8(14)15;8-6-2-1-4(12(13)14)3-5(6)7(9,10)11/h2-4,6,8-11H,5,7H2,1H3,(H,29,31);2-6H,1H3;2-6H,15H2,1H3;1-2,5H,3-4H2,(H,14,15);1-5H,(H,14,15);1-3H/b;;;;4-3+;. The number of imidazole rings is 3. The first-order chi connectivity index (χ1) is 51.2. The van der Waals surface area contributed by atoms with Crippen LogP contribution in [0.1, 0.15) is 85.9 Å². The highest BCUT2D eigenvalue weighted by molar-refractivity contribution is 5.91. The molecule has 22 nitrogen and oxygen atoms in total. The van der Waals surface area contributed by atoms with E-state index in [9.17, 15) is 131 Å². The summed E-state index contributed by atoms with van der Waals surface area (Å²) in [5.41, 5.74) is -0.843. The van der Waals surface area contributed by atoms with Crippen molar-refractivity contribution in [3.63, 3.8) is 0 Å². The lowest BCUT2D eigenvalue weighted by Crippen LogP contribution is -2.15. The smallest absolute Gasteiger partial charge is 0.419 e. The van der Waals surface area contributed by atoms with Crippen LogP contribution >= 0.6 is 0 Å². The van der Waals surface area contributed by atoms with Crippen LogP contribution in [0.4, 0.5) is 119 Å². The lowest BCUT2D eigenvalue weighted by atomic mass is 10.1. The van der Waals surface area contributed by atoms with Gasteiger partial charge in [-0.2, -0.15) is 92.2 Å². The largest absolute Gasteiger partial charge is 0.481 e. The van der Waals surface area contributed by atoms with Gasteiger partial charge in [0.1, 0.15) is 5.82 Å². The Labute approximate surface area is 608 Å². The fourth-order valence-electron chi connectivity index (χ4n) is 8.67. The van der Waals surface area contributed by atoms with Crippen molar-refractivity contribution in [3.8, 4) is 17.1 Å². The highest BCUT2D eigenvalue weighted by atomic mass is 19.4. The number of halogens is 22. The molecule has 0 atom stereocenters. The van der Waals surface area contributed by atoms with Crippen molar-refractivity contribution in [2.75, 3.05) is 11.1 Å². The zero-order valence-electron chi connectivity index (χ0n) is 56.1. The zero-order valence-corrected chi connectivity index (χ0v) is 56.1. The molecule has 0 unspecified atom stereocenters. The summed E-state index contributed by atoms with van der Waals surface area (Å²) in [5, 5.41) is 39.6. The molecule has 0 radical (unpaired) electrons. The third-order valence-electron chi connectivity index (χ3n) is 13.9. The fraction of sp³-hybridized carbons (Fsp3) is 0.209. The molecule has 0 saturated heterocycles. The summed E-state index contributed by atoms with van der Waals surface area (Å²) >= 11 is 0. The van der Waals surface area contributed by atoms with Crippen LogP contribution in [-0.2, 0) is 70.5 Å². The number of carbonyl (C=O) groups is 3. The maximum absolute atomic E-state index is 13.5. The summed E-state index contributed by atoms with van der Waals surface area (Å²) in [5.74, 6) is -4.31. The van der Waals surface area contributed by atoms with E-state index in [1.807, 2.05) is 0 Å². The molecule has 6 aromatic heterocycles. The molecule has 4 aromatic carbocycles. The Hall–Kier alpha value is -12.8. The number of aryl methyl sites for hydroxylation is 5. The lowest BCUT2D eigenvalue weighted by molar-refractivity contribution is -0.385. The number of anilines is 2. The maximum Gasteiger partial charge on any atom is 0.419 e. The van der Waals surface area contributed by atoms with E-state index in [2.05, 4.69) is 35.2 Å². The summed E-state index contributed by atoms with van der Waals surface area (Å²) in [4.78, 5) is 73.5. The van der Waals surface area contributed by atoms with E-state index in [4.69, 9.17) is 15.9 Å². The normalized spacial score (nSPS) is 11.8. The molecule has 5 N–H and O–H groups in total. The van der Waals surface area contributed by atoms with Crippen LogP contribution in [-0.4, -0.2) is 81.5 Å². The number of non-ortho nitro benzene ring substituents is 2. The minimum absolute atomic E-state index is 0.0206. The first kappa shape index (κ1) is 88.8. The van der Waals surface area contributed by atoms with E-state index in [1.54, 1.807) is 20.8 Å². The fourth-order valence-corrected chi connectivity index (χ4v) is 8.67. The number of pyridine rings is 3. The van der Waals surface area contributed by atoms with E-state index in [1.165, 1.54) is 81.6 Å². The lowest BCUT2D eigenvalue weighted by Gasteiger charge is -2.15. The Morgan fingerprint density at radius 3 is 1.18 bits per heavy atom. The Morgan fingerprint density at radius 2 is 0.829 bits per heavy atom. The molecular weight excluding hydrogens is 1550 g/mol. The van der Waals surface area contributed by atoms with E-state index in [0.29, 0.717) is 59.6 Å². The Kier molecular flexibility index (Phi) is 29.5. The van der Waals surface area contributed by atoms with Crippen molar-refractivity contribution in [1.82, 2.24) is 43.6 Å². The molecule has 0 aliphatic heterocycles. The SMILES string of the molecule is Cc1cn(-c2ccc(N)cc2C(F)(F)F)cn1.Cc1cn(-c2ccc(NC(=O)CCc3ccc(C(F)(F)F)cn3)cc2C(F)(F)F)cn1.Cc1cn(-c2ccc([N+](=O)[O-])cc2C(F)(F)F)cn1.O=C(O)/C=C/c1ccc(C(F)(F)F)cn1.O=C(O)CCc1ccc(C(F)(F)F)cn1.O=[N+]([O-])c1ccc(F)c(C(F)(F)F)c1. The van der Waals surface area contributed by atoms with Gasteiger partial charge in [0, 0.05) is 103 Å². The van der Waals surface area contributed by atoms with Gasteiger partial charge >= 0.3 is 55.2 Å². The number of nitrogen functional groups attached to an aromatic ring is 1. The van der Waals surface area contributed by atoms with Crippen molar-refractivity contribution in [2.45, 2.75) is 89.7 Å². The highest BCUT2D eigenvalue weighted by Crippen LogP contribution is 2.40. The van der Waals surface area contributed by atoms with Gasteiger partial charge in [0.25, 0.3) is 11.4 Å². The number of alkyl halides is 21. The van der Waals surface area contributed by atoms with Crippen molar-refractivity contribution in [1.29, 1.82) is 0 Å². The van der Waals surface area contributed by atoms with Crippen molar-refractivity contribution < 1.29 is 131 Å². The van der Waals surface area contributed by atoms with Crippen molar-refractivity contribution in [2.24, 2.45) is 0 Å². The Bertz CT molecular complexity index is 4880. The molecule has 0 fully saturated rings. The number of nitrogens with zero attached hydrogens (tertiary/aromatic N) is 11. The predicted octanol–water partition coefficient (Wildman–Crippen LogP) is 18.1. The number of benzene rings is 4. The number of amides is 1. The second-order valence-electron chi connectivity index (χ2n) is 22.3. The summed E-state index contributed by atoms with van der Waals surface area (Å²) in [6.45, 7) is 4.99. The maximum atomic E-state index is 13.5. The van der Waals surface area contributed by atoms with Crippen molar-refractivity contribution >= 4 is 46.7 Å². The number of rotatable bonds is 14. The molecule has 10 aromatic rings. The van der Waals surface area contributed by atoms with Gasteiger partial charge in [-0.15, -0.1) is 0 Å². The summed E-state index contributed by atoms with van der Waals surface area (Å²) in [7, 11) is 0. The molecule has 1 amide bonds. The van der Waals surface area contributed by atoms with Gasteiger partial charge in [-0.1, -0.05) is 0 Å². The number of nitrogens with two attached hydrogens (primary N) is 1. The number of nitrogens with one attached hydrogen (secondary N) is 1. The van der Waals surface area contributed by atoms with Gasteiger partial charge in [0.15, 0.2) is 0 Å². The van der Waals surface area contributed by atoms with Gasteiger partial charge in [0.2, 0.25) is 5.91 Å². The van der Waals surface area contributed by atoms with Gasteiger partial charge in [-0.3, -0.25) is 44.8 Å². The molecule has 0 spiro atoms. The monoisotopic (exact) mass is 1600 g/mol.